The molecule has 2 unspecified atom stereocenters. The van der Waals surface area contributed by atoms with Crippen molar-refractivity contribution < 1.29 is 9.84 Å². The van der Waals surface area contributed by atoms with Gasteiger partial charge in [0.25, 0.3) is 0 Å². The topological polar surface area (TPSA) is 68.4 Å². The highest BCUT2D eigenvalue weighted by Crippen LogP contribution is 2.29. The maximum absolute atomic E-state index is 10.3. The first-order valence-corrected chi connectivity index (χ1v) is 5.40. The van der Waals surface area contributed by atoms with Gasteiger partial charge < -0.3 is 15.6 Å². The summed E-state index contributed by atoms with van der Waals surface area (Å²) in [7, 11) is 1.59. The van der Waals surface area contributed by atoms with Crippen molar-refractivity contribution in [1.82, 2.24) is 4.98 Å². The quantitative estimate of drug-likeness (QED) is 0.816. The number of rotatable bonds is 4. The standard InChI is InChI=1S/C12H20N2O2/c1-7(2)11(16-4)10(15)9-8(3)5-6-14-12(9)13/h5-7,10-11,15H,1-4H3,(H2,13,14). The van der Waals surface area contributed by atoms with Crippen LogP contribution in [0.3, 0.4) is 0 Å². The molecule has 0 aliphatic heterocycles. The van der Waals surface area contributed by atoms with Gasteiger partial charge in [-0.3, -0.25) is 0 Å². The lowest BCUT2D eigenvalue weighted by molar-refractivity contribution is -0.0391. The Morgan fingerprint density at radius 2 is 2.06 bits per heavy atom. The summed E-state index contributed by atoms with van der Waals surface area (Å²) in [5, 5.41) is 10.3. The summed E-state index contributed by atoms with van der Waals surface area (Å²) in [5.74, 6) is 0.578. The van der Waals surface area contributed by atoms with Gasteiger partial charge in [0.05, 0.1) is 6.10 Å². The number of ether oxygens (including phenoxy) is 1. The lowest BCUT2D eigenvalue weighted by atomic mass is 9.94. The summed E-state index contributed by atoms with van der Waals surface area (Å²) in [6.07, 6.45) is 0.627. The zero-order valence-electron chi connectivity index (χ0n) is 10.3. The van der Waals surface area contributed by atoms with Crippen LogP contribution in [0.2, 0.25) is 0 Å². The first-order valence-electron chi connectivity index (χ1n) is 5.40. The molecule has 16 heavy (non-hydrogen) atoms. The van der Waals surface area contributed by atoms with Gasteiger partial charge in [0.1, 0.15) is 11.9 Å². The van der Waals surface area contributed by atoms with E-state index in [0.717, 1.165) is 5.56 Å². The predicted octanol–water partition coefficient (Wildman–Crippen LogP) is 1.68. The molecule has 2 atom stereocenters. The number of aliphatic hydroxyl groups is 1. The molecular formula is C12H20N2O2. The van der Waals surface area contributed by atoms with Crippen molar-refractivity contribution in [2.24, 2.45) is 5.92 Å². The van der Waals surface area contributed by atoms with Crippen molar-refractivity contribution >= 4 is 5.82 Å². The fourth-order valence-electron chi connectivity index (χ4n) is 1.91. The molecule has 1 aromatic heterocycles. The minimum absolute atomic E-state index is 0.207. The third kappa shape index (κ3) is 2.51. The van der Waals surface area contributed by atoms with E-state index in [2.05, 4.69) is 4.98 Å². The second-order valence-electron chi connectivity index (χ2n) is 4.32. The van der Waals surface area contributed by atoms with E-state index >= 15 is 0 Å². The molecule has 0 saturated heterocycles. The first-order chi connectivity index (χ1) is 7.49. The van der Waals surface area contributed by atoms with Crippen LogP contribution in [0.1, 0.15) is 31.1 Å². The number of aliphatic hydroxyl groups excluding tert-OH is 1. The number of aromatic nitrogens is 1. The van der Waals surface area contributed by atoms with Crippen LogP contribution in [-0.2, 0) is 4.74 Å². The van der Waals surface area contributed by atoms with Crippen molar-refractivity contribution in [3.05, 3.63) is 23.4 Å². The van der Waals surface area contributed by atoms with Gasteiger partial charge in [-0.1, -0.05) is 13.8 Å². The molecule has 0 aliphatic rings. The number of nitrogens with zero attached hydrogens (tertiary/aromatic N) is 1. The molecule has 0 spiro atoms. The molecule has 0 fully saturated rings. The number of anilines is 1. The van der Waals surface area contributed by atoms with Crippen LogP contribution in [-0.4, -0.2) is 23.3 Å². The van der Waals surface area contributed by atoms with E-state index < -0.39 is 6.10 Å². The van der Waals surface area contributed by atoms with Gasteiger partial charge in [0, 0.05) is 18.9 Å². The molecule has 0 amide bonds. The fourth-order valence-corrected chi connectivity index (χ4v) is 1.91. The molecule has 0 radical (unpaired) electrons. The molecule has 0 bridgehead atoms. The number of aryl methyl sites for hydroxylation is 1. The summed E-state index contributed by atoms with van der Waals surface area (Å²) in [6, 6.07) is 1.84. The van der Waals surface area contributed by atoms with Crippen LogP contribution < -0.4 is 5.73 Å². The van der Waals surface area contributed by atoms with Crippen molar-refractivity contribution in [3.8, 4) is 0 Å². The minimum atomic E-state index is -0.737. The summed E-state index contributed by atoms with van der Waals surface area (Å²) in [5.41, 5.74) is 7.39. The Bertz CT molecular complexity index is 333. The van der Waals surface area contributed by atoms with Crippen LogP contribution in [0.25, 0.3) is 0 Å². The normalized spacial score (nSPS) is 15.1. The highest BCUT2D eigenvalue weighted by atomic mass is 16.5. The third-order valence-corrected chi connectivity index (χ3v) is 2.78. The second kappa shape index (κ2) is 5.27. The van der Waals surface area contributed by atoms with E-state index in [1.165, 1.54) is 0 Å². The SMILES string of the molecule is COC(C(C)C)C(O)c1c(C)ccnc1N. The molecule has 90 valence electrons. The molecule has 1 heterocycles. The van der Waals surface area contributed by atoms with E-state index in [0.29, 0.717) is 11.4 Å². The van der Waals surface area contributed by atoms with Gasteiger partial charge in [0.15, 0.2) is 0 Å². The van der Waals surface area contributed by atoms with Gasteiger partial charge >= 0.3 is 0 Å². The van der Waals surface area contributed by atoms with Crippen LogP contribution in [0, 0.1) is 12.8 Å². The van der Waals surface area contributed by atoms with Gasteiger partial charge in [-0.25, -0.2) is 4.98 Å². The Morgan fingerprint density at radius 3 is 2.50 bits per heavy atom. The molecular weight excluding hydrogens is 204 g/mol. The Kier molecular flexibility index (Phi) is 4.26. The smallest absolute Gasteiger partial charge is 0.129 e. The molecule has 4 heteroatoms. The highest BCUT2D eigenvalue weighted by molar-refractivity contribution is 5.45. The summed E-state index contributed by atoms with van der Waals surface area (Å²) in [6.45, 7) is 5.90. The van der Waals surface area contributed by atoms with Crippen molar-refractivity contribution in [2.75, 3.05) is 12.8 Å². The van der Waals surface area contributed by atoms with E-state index in [-0.39, 0.29) is 12.0 Å². The molecule has 1 rings (SSSR count). The molecule has 0 aromatic carbocycles. The zero-order chi connectivity index (χ0) is 12.3. The second-order valence-corrected chi connectivity index (χ2v) is 4.32. The van der Waals surface area contributed by atoms with E-state index in [9.17, 15) is 5.11 Å². The van der Waals surface area contributed by atoms with Gasteiger partial charge in [0.2, 0.25) is 0 Å². The number of methoxy groups -OCH3 is 1. The molecule has 0 saturated carbocycles. The van der Waals surface area contributed by atoms with Crippen molar-refractivity contribution in [2.45, 2.75) is 33.0 Å². The number of nitrogens with two attached hydrogens (primary N) is 1. The number of hydrogen-bond acceptors (Lipinski definition) is 4. The average Bonchev–Trinajstić information content (AvgIpc) is 2.17. The fraction of sp³-hybridized carbons (Fsp3) is 0.583. The molecule has 1 aromatic rings. The van der Waals surface area contributed by atoms with E-state index in [1.807, 2.05) is 26.8 Å². The molecule has 0 aliphatic carbocycles. The van der Waals surface area contributed by atoms with Crippen LogP contribution >= 0.6 is 0 Å². The lowest BCUT2D eigenvalue weighted by Gasteiger charge is -2.26. The number of pyridine rings is 1. The third-order valence-electron chi connectivity index (χ3n) is 2.78. The van der Waals surface area contributed by atoms with Gasteiger partial charge in [-0.2, -0.15) is 0 Å². The van der Waals surface area contributed by atoms with Gasteiger partial charge in [-0.15, -0.1) is 0 Å². The summed E-state index contributed by atoms with van der Waals surface area (Å²) >= 11 is 0. The molecule has 4 nitrogen and oxygen atoms in total. The first kappa shape index (κ1) is 12.9. The van der Waals surface area contributed by atoms with Crippen LogP contribution in [0.5, 0.6) is 0 Å². The zero-order valence-corrected chi connectivity index (χ0v) is 10.3. The molecule has 3 N–H and O–H groups in total. The Balaban J connectivity index is 3.08. The average molecular weight is 224 g/mol. The van der Waals surface area contributed by atoms with E-state index in [1.54, 1.807) is 13.3 Å². The summed E-state index contributed by atoms with van der Waals surface area (Å²) in [4.78, 5) is 4.00. The van der Waals surface area contributed by atoms with Crippen molar-refractivity contribution in [3.63, 3.8) is 0 Å². The van der Waals surface area contributed by atoms with Crippen LogP contribution in [0.15, 0.2) is 12.3 Å². The van der Waals surface area contributed by atoms with Gasteiger partial charge in [-0.05, 0) is 24.5 Å². The maximum Gasteiger partial charge on any atom is 0.129 e. The Hall–Kier alpha value is -1.13. The van der Waals surface area contributed by atoms with Crippen LogP contribution in [0.4, 0.5) is 5.82 Å². The Morgan fingerprint density at radius 1 is 1.44 bits per heavy atom. The number of nitrogen functional groups attached to an aromatic ring is 1. The Labute approximate surface area is 96.5 Å². The van der Waals surface area contributed by atoms with Crippen molar-refractivity contribution in [1.29, 1.82) is 0 Å². The maximum atomic E-state index is 10.3. The highest BCUT2D eigenvalue weighted by Gasteiger charge is 2.26. The number of hydrogen-bond donors (Lipinski definition) is 2. The minimum Gasteiger partial charge on any atom is -0.386 e. The monoisotopic (exact) mass is 224 g/mol. The predicted molar refractivity (Wildman–Crippen MR) is 64.0 cm³/mol. The lowest BCUT2D eigenvalue weighted by Crippen LogP contribution is -2.27. The summed E-state index contributed by atoms with van der Waals surface area (Å²) < 4.78 is 5.30. The van der Waals surface area contributed by atoms with E-state index in [4.69, 9.17) is 10.5 Å². The largest absolute Gasteiger partial charge is 0.386 e.